The van der Waals surface area contributed by atoms with Gasteiger partial charge in [-0.1, -0.05) is 18.2 Å². The number of rotatable bonds is 0. The minimum atomic E-state index is 0.168. The topological polar surface area (TPSA) is 32.3 Å². The van der Waals surface area contributed by atoms with Crippen molar-refractivity contribution < 1.29 is 4.79 Å². The van der Waals surface area contributed by atoms with Gasteiger partial charge in [0.25, 0.3) is 0 Å². The number of benzene rings is 1. The molecule has 0 radical (unpaired) electrons. The molecule has 0 unspecified atom stereocenters. The van der Waals surface area contributed by atoms with Gasteiger partial charge in [0.05, 0.1) is 0 Å². The van der Waals surface area contributed by atoms with Crippen molar-refractivity contribution >= 4 is 11.6 Å². The lowest BCUT2D eigenvalue weighted by Gasteiger charge is -2.31. The summed E-state index contributed by atoms with van der Waals surface area (Å²) in [4.78, 5) is 13.8. The Hall–Kier alpha value is -1.35. The van der Waals surface area contributed by atoms with Crippen LogP contribution in [0.15, 0.2) is 24.3 Å². The second-order valence-electron chi connectivity index (χ2n) is 4.61. The minimum absolute atomic E-state index is 0.168. The molecule has 16 heavy (non-hydrogen) atoms. The molecule has 3 heteroatoms. The SMILES string of the molecule is CC(=O)N1c2ccccc2[C@H]2CNCC[C@H]21. The van der Waals surface area contributed by atoms with E-state index in [0.717, 1.165) is 25.2 Å². The summed E-state index contributed by atoms with van der Waals surface area (Å²) in [5.41, 5.74) is 2.45. The molecule has 2 heterocycles. The number of carbonyl (C=O) groups is 1. The Morgan fingerprint density at radius 3 is 3.06 bits per heavy atom. The number of carbonyl (C=O) groups excluding carboxylic acids is 1. The maximum Gasteiger partial charge on any atom is 0.224 e. The van der Waals surface area contributed by atoms with Gasteiger partial charge in [-0.25, -0.2) is 0 Å². The lowest BCUT2D eigenvalue weighted by molar-refractivity contribution is -0.117. The van der Waals surface area contributed by atoms with Crippen LogP contribution < -0.4 is 10.2 Å². The molecule has 3 rings (SSSR count). The molecule has 84 valence electrons. The standard InChI is InChI=1S/C13H16N2O/c1-9(16)15-12-5-3-2-4-10(12)11-8-14-7-6-13(11)15/h2-5,11,13-14H,6-8H2,1H3/t11-,13-/m1/s1. The summed E-state index contributed by atoms with van der Waals surface area (Å²) in [6, 6.07) is 8.67. The molecule has 1 amide bonds. The summed E-state index contributed by atoms with van der Waals surface area (Å²) in [6.45, 7) is 3.67. The van der Waals surface area contributed by atoms with Crippen molar-refractivity contribution in [1.82, 2.24) is 5.32 Å². The van der Waals surface area contributed by atoms with Crippen LogP contribution in [0.25, 0.3) is 0 Å². The van der Waals surface area contributed by atoms with Crippen molar-refractivity contribution in [2.75, 3.05) is 18.0 Å². The van der Waals surface area contributed by atoms with Gasteiger partial charge in [0.2, 0.25) is 5.91 Å². The Bertz CT molecular complexity index is 430. The van der Waals surface area contributed by atoms with E-state index in [9.17, 15) is 4.79 Å². The maximum atomic E-state index is 11.8. The molecule has 2 aliphatic rings. The number of nitrogens with zero attached hydrogens (tertiary/aromatic N) is 1. The number of amides is 1. The second kappa shape index (κ2) is 3.59. The van der Waals surface area contributed by atoms with Crippen LogP contribution >= 0.6 is 0 Å². The molecule has 1 saturated heterocycles. The van der Waals surface area contributed by atoms with Crippen LogP contribution in [0, 0.1) is 0 Å². The normalized spacial score (nSPS) is 27.4. The quantitative estimate of drug-likeness (QED) is 0.712. The number of hydrogen-bond donors (Lipinski definition) is 1. The third-order valence-corrected chi connectivity index (χ3v) is 3.71. The summed E-state index contributed by atoms with van der Waals surface area (Å²) in [5.74, 6) is 0.649. The zero-order valence-corrected chi connectivity index (χ0v) is 9.44. The van der Waals surface area contributed by atoms with Gasteiger partial charge in [0.1, 0.15) is 0 Å². The van der Waals surface area contributed by atoms with Gasteiger partial charge in [-0.2, -0.15) is 0 Å². The molecule has 1 aromatic rings. The predicted octanol–water partition coefficient (Wildman–Crippen LogP) is 1.50. The number of nitrogens with one attached hydrogen (secondary N) is 1. The summed E-state index contributed by atoms with van der Waals surface area (Å²) in [6.07, 6.45) is 1.05. The van der Waals surface area contributed by atoms with Crippen LogP contribution in [0.3, 0.4) is 0 Å². The van der Waals surface area contributed by atoms with Gasteiger partial charge in [-0.15, -0.1) is 0 Å². The Morgan fingerprint density at radius 1 is 1.44 bits per heavy atom. The monoisotopic (exact) mass is 216 g/mol. The first kappa shape index (κ1) is 9.85. The number of fused-ring (bicyclic) bond motifs is 3. The average molecular weight is 216 g/mol. The average Bonchev–Trinajstić information content (AvgIpc) is 2.63. The van der Waals surface area contributed by atoms with Gasteiger partial charge in [0, 0.05) is 31.1 Å². The molecule has 1 aromatic carbocycles. The van der Waals surface area contributed by atoms with Crippen molar-refractivity contribution in [3.05, 3.63) is 29.8 Å². The van der Waals surface area contributed by atoms with Crippen LogP contribution in [-0.4, -0.2) is 25.0 Å². The van der Waals surface area contributed by atoms with E-state index in [1.165, 1.54) is 5.56 Å². The molecule has 1 fully saturated rings. The highest BCUT2D eigenvalue weighted by atomic mass is 16.2. The third-order valence-electron chi connectivity index (χ3n) is 3.71. The maximum absolute atomic E-state index is 11.8. The molecule has 0 bridgehead atoms. The zero-order chi connectivity index (χ0) is 11.1. The molecule has 2 atom stereocenters. The second-order valence-corrected chi connectivity index (χ2v) is 4.61. The van der Waals surface area contributed by atoms with Crippen molar-refractivity contribution in [3.63, 3.8) is 0 Å². The van der Waals surface area contributed by atoms with Crippen LogP contribution in [-0.2, 0) is 4.79 Å². The molecule has 0 aromatic heterocycles. The lowest BCUT2D eigenvalue weighted by Crippen LogP contribution is -2.45. The Labute approximate surface area is 95.4 Å². The highest BCUT2D eigenvalue weighted by molar-refractivity contribution is 5.95. The van der Waals surface area contributed by atoms with Crippen LogP contribution in [0.2, 0.25) is 0 Å². The number of para-hydroxylation sites is 1. The van der Waals surface area contributed by atoms with E-state index in [4.69, 9.17) is 0 Å². The number of anilines is 1. The van der Waals surface area contributed by atoms with Crippen molar-refractivity contribution in [2.45, 2.75) is 25.3 Å². The minimum Gasteiger partial charge on any atom is -0.316 e. The molecule has 0 aliphatic carbocycles. The van der Waals surface area contributed by atoms with E-state index in [0.29, 0.717) is 12.0 Å². The smallest absolute Gasteiger partial charge is 0.224 e. The lowest BCUT2D eigenvalue weighted by atomic mass is 9.90. The first-order valence-electron chi connectivity index (χ1n) is 5.88. The largest absolute Gasteiger partial charge is 0.316 e. The van der Waals surface area contributed by atoms with Gasteiger partial charge in [-0.3, -0.25) is 4.79 Å². The first-order chi connectivity index (χ1) is 7.79. The Balaban J connectivity index is 2.09. The van der Waals surface area contributed by atoms with Crippen LogP contribution in [0.1, 0.15) is 24.8 Å². The van der Waals surface area contributed by atoms with E-state index in [1.807, 2.05) is 11.0 Å². The summed E-state index contributed by atoms with van der Waals surface area (Å²) in [5, 5.41) is 3.42. The summed E-state index contributed by atoms with van der Waals surface area (Å²) in [7, 11) is 0. The molecule has 0 saturated carbocycles. The van der Waals surface area contributed by atoms with E-state index in [-0.39, 0.29) is 5.91 Å². The molecular formula is C13H16N2O. The highest BCUT2D eigenvalue weighted by Crippen LogP contribution is 2.42. The molecule has 3 nitrogen and oxygen atoms in total. The first-order valence-corrected chi connectivity index (χ1v) is 5.88. The van der Waals surface area contributed by atoms with Crippen molar-refractivity contribution in [3.8, 4) is 0 Å². The Kier molecular flexibility index (Phi) is 2.21. The van der Waals surface area contributed by atoms with Gasteiger partial charge in [0.15, 0.2) is 0 Å². The Morgan fingerprint density at radius 2 is 2.25 bits per heavy atom. The molecule has 0 spiro atoms. The number of piperidine rings is 1. The fourth-order valence-electron chi connectivity index (χ4n) is 3.07. The zero-order valence-electron chi connectivity index (χ0n) is 9.44. The van der Waals surface area contributed by atoms with Gasteiger partial charge < -0.3 is 10.2 Å². The number of hydrogen-bond acceptors (Lipinski definition) is 2. The highest BCUT2D eigenvalue weighted by Gasteiger charge is 2.41. The molecular weight excluding hydrogens is 200 g/mol. The molecule has 1 N–H and O–H groups in total. The third kappa shape index (κ3) is 1.28. The van der Waals surface area contributed by atoms with E-state index < -0.39 is 0 Å². The van der Waals surface area contributed by atoms with Crippen LogP contribution in [0.4, 0.5) is 5.69 Å². The predicted molar refractivity (Wildman–Crippen MR) is 63.6 cm³/mol. The van der Waals surface area contributed by atoms with E-state index in [2.05, 4.69) is 23.5 Å². The fraction of sp³-hybridized carbons (Fsp3) is 0.462. The summed E-state index contributed by atoms with van der Waals surface area (Å²) >= 11 is 0. The van der Waals surface area contributed by atoms with Crippen LogP contribution in [0.5, 0.6) is 0 Å². The van der Waals surface area contributed by atoms with E-state index in [1.54, 1.807) is 6.92 Å². The van der Waals surface area contributed by atoms with Gasteiger partial charge in [-0.05, 0) is 24.6 Å². The van der Waals surface area contributed by atoms with Crippen molar-refractivity contribution in [2.24, 2.45) is 0 Å². The van der Waals surface area contributed by atoms with Gasteiger partial charge >= 0.3 is 0 Å². The van der Waals surface area contributed by atoms with E-state index >= 15 is 0 Å². The fourth-order valence-corrected chi connectivity index (χ4v) is 3.07. The van der Waals surface area contributed by atoms with Crippen molar-refractivity contribution in [1.29, 1.82) is 0 Å². The molecule has 2 aliphatic heterocycles. The summed E-state index contributed by atoms with van der Waals surface area (Å²) < 4.78 is 0.